The van der Waals surface area contributed by atoms with Gasteiger partial charge in [0.05, 0.1) is 5.52 Å². The van der Waals surface area contributed by atoms with Crippen molar-refractivity contribution >= 4 is 28.6 Å². The molecule has 1 aromatic carbocycles. The number of benzene rings is 1. The van der Waals surface area contributed by atoms with Crippen molar-refractivity contribution in [1.82, 2.24) is 15.2 Å². The van der Waals surface area contributed by atoms with Gasteiger partial charge in [0.25, 0.3) is 0 Å². The Bertz CT molecular complexity index is 904. The van der Waals surface area contributed by atoms with Gasteiger partial charge in [-0.2, -0.15) is 0 Å². The summed E-state index contributed by atoms with van der Waals surface area (Å²) >= 11 is 0. The van der Waals surface area contributed by atoms with Crippen molar-refractivity contribution in [1.29, 1.82) is 5.41 Å². The minimum atomic E-state index is -0.107. The van der Waals surface area contributed by atoms with Gasteiger partial charge in [-0.05, 0) is 43.7 Å². The molecule has 0 spiro atoms. The molecule has 6 heteroatoms. The van der Waals surface area contributed by atoms with Crippen molar-refractivity contribution in [3.63, 3.8) is 0 Å². The minimum Gasteiger partial charge on any atom is -0.490 e. The quantitative estimate of drug-likeness (QED) is 0.770. The molecule has 0 saturated carbocycles. The number of rotatable bonds is 6. The number of hydrogen-bond donors (Lipinski definition) is 2. The minimum absolute atomic E-state index is 0.0753. The molecule has 0 bridgehead atoms. The predicted molar refractivity (Wildman–Crippen MR) is 108 cm³/mol. The molecule has 0 aliphatic carbocycles. The van der Waals surface area contributed by atoms with Gasteiger partial charge >= 0.3 is 0 Å². The fourth-order valence-electron chi connectivity index (χ4n) is 3.30. The summed E-state index contributed by atoms with van der Waals surface area (Å²) in [5.41, 5.74) is 3.53. The number of carbonyl (C=O) groups is 1. The number of carbonyl (C=O) groups excluding carboxylic acids is 1. The summed E-state index contributed by atoms with van der Waals surface area (Å²) < 4.78 is 6.29. The maximum absolute atomic E-state index is 11.5. The number of pyridine rings is 1. The fraction of sp³-hybridized carbons (Fsp3) is 0.381. The van der Waals surface area contributed by atoms with Gasteiger partial charge < -0.3 is 20.4 Å². The van der Waals surface area contributed by atoms with Gasteiger partial charge in [0, 0.05) is 62.0 Å². The molecule has 3 rings (SSSR count). The van der Waals surface area contributed by atoms with E-state index < -0.39 is 0 Å². The summed E-state index contributed by atoms with van der Waals surface area (Å²) in [5, 5.41) is 11.7. The third-order valence-electron chi connectivity index (χ3n) is 5.18. The third-order valence-corrected chi connectivity index (χ3v) is 5.18. The van der Waals surface area contributed by atoms with Crippen molar-refractivity contribution < 1.29 is 9.53 Å². The lowest BCUT2D eigenvalue weighted by molar-refractivity contribution is -0.119. The van der Waals surface area contributed by atoms with Gasteiger partial charge in [0.2, 0.25) is 5.91 Å². The first-order chi connectivity index (χ1) is 12.9. The normalized spacial score (nSPS) is 18.7. The van der Waals surface area contributed by atoms with Gasteiger partial charge in [-0.25, -0.2) is 0 Å². The number of fused-ring (bicyclic) bond motifs is 1. The summed E-state index contributed by atoms with van der Waals surface area (Å²) in [6, 6.07) is 7.83. The molecule has 1 aliphatic rings. The van der Waals surface area contributed by atoms with Crippen LogP contribution in [-0.2, 0) is 4.79 Å². The van der Waals surface area contributed by atoms with Crippen LogP contribution in [0.3, 0.4) is 0 Å². The smallest absolute Gasteiger partial charge is 0.220 e. The second-order valence-electron chi connectivity index (χ2n) is 7.17. The number of allylic oxidation sites excluding steroid dienone is 2. The summed E-state index contributed by atoms with van der Waals surface area (Å²) in [6.07, 6.45) is 3.50. The van der Waals surface area contributed by atoms with E-state index in [-0.39, 0.29) is 17.9 Å². The summed E-state index contributed by atoms with van der Waals surface area (Å²) in [7, 11) is 3.92. The van der Waals surface area contributed by atoms with Gasteiger partial charge in [-0.3, -0.25) is 9.78 Å². The number of nitrogens with one attached hydrogen (secondary N) is 2. The molecule has 0 unspecified atom stereocenters. The molecular formula is C21H26N4O2. The van der Waals surface area contributed by atoms with Crippen molar-refractivity contribution in [2.75, 3.05) is 20.6 Å². The van der Waals surface area contributed by atoms with Crippen LogP contribution in [0.15, 0.2) is 36.2 Å². The van der Waals surface area contributed by atoms with E-state index in [0.717, 1.165) is 33.5 Å². The average molecular weight is 366 g/mol. The maximum Gasteiger partial charge on any atom is 0.220 e. The van der Waals surface area contributed by atoms with Crippen LogP contribution in [0.25, 0.3) is 16.5 Å². The molecule has 142 valence electrons. The van der Waals surface area contributed by atoms with Crippen LogP contribution >= 0.6 is 0 Å². The second kappa shape index (κ2) is 7.78. The van der Waals surface area contributed by atoms with Crippen LogP contribution in [-0.4, -0.2) is 48.7 Å². The average Bonchev–Trinajstić information content (AvgIpc) is 3.08. The summed E-state index contributed by atoms with van der Waals surface area (Å²) in [6.45, 7) is 4.63. The molecule has 2 N–H and O–H groups in total. The van der Waals surface area contributed by atoms with Crippen LogP contribution < -0.4 is 10.1 Å². The zero-order valence-corrected chi connectivity index (χ0v) is 16.2. The Morgan fingerprint density at radius 2 is 2.22 bits per heavy atom. The number of aromatic nitrogens is 1. The largest absolute Gasteiger partial charge is 0.490 e. The first kappa shape index (κ1) is 18.9. The highest BCUT2D eigenvalue weighted by atomic mass is 16.5. The highest BCUT2D eigenvalue weighted by Crippen LogP contribution is 2.32. The molecule has 27 heavy (non-hydrogen) atoms. The van der Waals surface area contributed by atoms with Crippen LogP contribution in [0.2, 0.25) is 0 Å². The van der Waals surface area contributed by atoms with Gasteiger partial charge in [-0.15, -0.1) is 0 Å². The van der Waals surface area contributed by atoms with Crippen LogP contribution in [0.5, 0.6) is 5.75 Å². The molecular weight excluding hydrogens is 340 g/mol. The fourth-order valence-corrected chi connectivity index (χ4v) is 3.30. The molecule has 1 amide bonds. The van der Waals surface area contributed by atoms with E-state index in [2.05, 4.69) is 10.3 Å². The maximum atomic E-state index is 11.5. The molecule has 1 fully saturated rings. The Balaban J connectivity index is 2.04. The van der Waals surface area contributed by atoms with Crippen LogP contribution in [0.4, 0.5) is 0 Å². The van der Waals surface area contributed by atoms with E-state index in [1.807, 2.05) is 57.1 Å². The lowest BCUT2D eigenvalue weighted by Gasteiger charge is -2.22. The van der Waals surface area contributed by atoms with Gasteiger partial charge in [0.15, 0.2) is 0 Å². The molecule has 1 aliphatic heterocycles. The predicted octanol–water partition coefficient (Wildman–Crippen LogP) is 3.08. The first-order valence-electron chi connectivity index (χ1n) is 9.12. The monoisotopic (exact) mass is 366 g/mol. The molecule has 6 nitrogen and oxygen atoms in total. The van der Waals surface area contributed by atoms with Crippen molar-refractivity contribution in [2.24, 2.45) is 5.92 Å². The number of amides is 1. The van der Waals surface area contributed by atoms with Crippen LogP contribution in [0.1, 0.15) is 25.8 Å². The van der Waals surface area contributed by atoms with E-state index in [9.17, 15) is 4.79 Å². The number of hydrogen-bond acceptors (Lipinski definition) is 5. The summed E-state index contributed by atoms with van der Waals surface area (Å²) in [5.74, 6) is 0.953. The van der Waals surface area contributed by atoms with Crippen LogP contribution in [0, 0.1) is 11.3 Å². The summed E-state index contributed by atoms with van der Waals surface area (Å²) in [4.78, 5) is 18.0. The van der Waals surface area contributed by atoms with E-state index in [1.54, 1.807) is 6.20 Å². The van der Waals surface area contributed by atoms with Gasteiger partial charge in [-0.1, -0.05) is 0 Å². The number of nitrogens with zero attached hydrogens (tertiary/aromatic N) is 2. The second-order valence-corrected chi connectivity index (χ2v) is 7.17. The Hall–Kier alpha value is -2.89. The Morgan fingerprint density at radius 3 is 2.85 bits per heavy atom. The van der Waals surface area contributed by atoms with E-state index in [1.165, 1.54) is 6.21 Å². The first-order valence-corrected chi connectivity index (χ1v) is 9.12. The topological polar surface area (TPSA) is 78.3 Å². The standard InChI is InChI=1S/C21H26N4O2/c1-13(25(3)4)18(11-22)15-8-19-17(6-5-7-23-19)20(9-15)27-14(2)16-10-21(26)24-12-16/h5-9,11,14,16,22H,10,12H2,1-4H3,(H,24,26)/b18-13+,22-11?/t14-,16-/m1/s1. The number of ether oxygens (including phenoxy) is 1. The van der Waals surface area contributed by atoms with Gasteiger partial charge in [0.1, 0.15) is 11.9 Å². The Kier molecular flexibility index (Phi) is 5.44. The highest BCUT2D eigenvalue weighted by molar-refractivity contribution is 6.10. The lowest BCUT2D eigenvalue weighted by Crippen LogP contribution is -2.25. The molecule has 2 atom stereocenters. The lowest BCUT2D eigenvalue weighted by atomic mass is 10.0. The van der Waals surface area contributed by atoms with Crippen molar-refractivity contribution in [3.8, 4) is 5.75 Å². The third kappa shape index (κ3) is 3.94. The molecule has 2 heterocycles. The Labute approximate surface area is 159 Å². The van der Waals surface area contributed by atoms with E-state index in [0.29, 0.717) is 13.0 Å². The van der Waals surface area contributed by atoms with Crippen molar-refractivity contribution in [3.05, 3.63) is 41.7 Å². The molecule has 0 radical (unpaired) electrons. The molecule has 2 aromatic rings. The zero-order valence-electron chi connectivity index (χ0n) is 16.2. The van der Waals surface area contributed by atoms with E-state index in [4.69, 9.17) is 10.1 Å². The SMILES string of the molecule is C/C(=C(/C=N)c1cc(O[C@H](C)[C@H]2CNC(=O)C2)c2cccnc2c1)N(C)C. The van der Waals surface area contributed by atoms with E-state index >= 15 is 0 Å². The zero-order chi connectivity index (χ0) is 19.6. The molecule has 1 saturated heterocycles. The molecule has 1 aromatic heterocycles. The highest BCUT2D eigenvalue weighted by Gasteiger charge is 2.28. The Morgan fingerprint density at radius 1 is 1.44 bits per heavy atom. The van der Waals surface area contributed by atoms with Crippen molar-refractivity contribution in [2.45, 2.75) is 26.4 Å².